The highest BCUT2D eigenvalue weighted by molar-refractivity contribution is 7.66. The number of nitrogens with zero attached hydrogens (tertiary/aromatic N) is 1. The minimum absolute atomic E-state index is 0.158. The number of hydrogen-bond acceptors (Lipinski definition) is 14. The van der Waals surface area contributed by atoms with E-state index in [-0.39, 0.29) is 5.82 Å². The van der Waals surface area contributed by atoms with Gasteiger partial charge in [-0.05, 0) is 0 Å². The van der Waals surface area contributed by atoms with Gasteiger partial charge in [0.05, 0.1) is 19.0 Å². The maximum Gasteiger partial charge on any atom is 0.479 e. The van der Waals surface area contributed by atoms with Crippen molar-refractivity contribution in [2.45, 2.75) is 49.0 Å². The maximum atomic E-state index is 12.3. The molecular formula is C16H24N2O16P2. The van der Waals surface area contributed by atoms with Gasteiger partial charge in [0.2, 0.25) is 0 Å². The predicted molar refractivity (Wildman–Crippen MR) is 112 cm³/mol. The summed E-state index contributed by atoms with van der Waals surface area (Å²) in [6, 6.07) is 0.937. The van der Waals surface area contributed by atoms with Crippen molar-refractivity contribution in [3.8, 4) is 0 Å². The van der Waals surface area contributed by atoms with E-state index in [2.05, 4.69) is 8.83 Å². The normalized spacial score (nSPS) is 37.3. The lowest BCUT2D eigenvalue weighted by Gasteiger charge is -2.36. The summed E-state index contributed by atoms with van der Waals surface area (Å²) >= 11 is 0. The average Bonchev–Trinajstić information content (AvgIpc) is 3.06. The third-order valence-corrected chi connectivity index (χ3v) is 8.01. The Bertz CT molecular complexity index is 1180. The molecule has 0 radical (unpaired) electrons. The van der Waals surface area contributed by atoms with Crippen LogP contribution < -0.4 is 11.2 Å². The second kappa shape index (κ2) is 10.9. The zero-order chi connectivity index (χ0) is 27.0. The Hall–Kier alpha value is -1.76. The number of hydrogen-bond donors (Lipinski definition) is 9. The van der Waals surface area contributed by atoms with Crippen molar-refractivity contribution >= 4 is 15.4 Å². The molecule has 204 valence electrons. The second-order valence-corrected chi connectivity index (χ2v) is 11.0. The summed E-state index contributed by atoms with van der Waals surface area (Å²) in [6.07, 6.45) is -12.9. The van der Waals surface area contributed by atoms with Gasteiger partial charge in [-0.1, -0.05) is 0 Å². The fourth-order valence-corrected chi connectivity index (χ4v) is 5.82. The van der Waals surface area contributed by atoms with Gasteiger partial charge in [0, 0.05) is 12.3 Å². The molecule has 0 aromatic carbocycles. The number of aromatic amines is 1. The molecule has 1 aromatic rings. The molecular weight excluding hydrogens is 538 g/mol. The Kier molecular flexibility index (Phi) is 8.74. The van der Waals surface area contributed by atoms with Gasteiger partial charge in [-0.3, -0.25) is 23.4 Å². The first kappa shape index (κ1) is 28.8. The molecule has 9 N–H and O–H groups in total. The van der Waals surface area contributed by atoms with E-state index in [9.17, 15) is 54.0 Å². The molecule has 20 heteroatoms. The Morgan fingerprint density at radius 2 is 1.67 bits per heavy atom. The van der Waals surface area contributed by atoms with Crippen LogP contribution in [0.25, 0.3) is 0 Å². The Labute approximate surface area is 200 Å². The first-order valence-corrected chi connectivity index (χ1v) is 13.2. The number of rotatable bonds is 8. The molecule has 0 saturated carbocycles. The summed E-state index contributed by atoms with van der Waals surface area (Å²) in [4.78, 5) is 44.7. The fraction of sp³-hybridized carbons (Fsp3) is 0.625. The van der Waals surface area contributed by atoms with E-state index in [1.54, 1.807) is 0 Å². The Morgan fingerprint density at radius 3 is 2.28 bits per heavy atom. The molecule has 36 heavy (non-hydrogen) atoms. The molecule has 0 spiro atoms. The number of phosphoric acid groups is 1. The molecule has 3 rings (SSSR count). The highest BCUT2D eigenvalue weighted by Gasteiger charge is 2.46. The summed E-state index contributed by atoms with van der Waals surface area (Å²) in [5.74, 6) is -0.685. The quantitative estimate of drug-likeness (QED) is 0.136. The van der Waals surface area contributed by atoms with Crippen LogP contribution in [0.15, 0.2) is 33.4 Å². The molecule has 2 aliphatic heterocycles. The highest BCUT2D eigenvalue weighted by atomic mass is 31.3. The Balaban J connectivity index is 1.67. The molecule has 3 heterocycles. The molecule has 0 amide bonds. The molecule has 2 unspecified atom stereocenters. The number of phosphoric ester groups is 1. The van der Waals surface area contributed by atoms with E-state index in [4.69, 9.17) is 14.6 Å². The van der Waals surface area contributed by atoms with Crippen LogP contribution in [0, 0.1) is 0 Å². The van der Waals surface area contributed by atoms with Gasteiger partial charge in [-0.2, -0.15) is 0 Å². The molecule has 2 aliphatic rings. The molecule has 10 atom stereocenters. The van der Waals surface area contributed by atoms with Crippen molar-refractivity contribution in [3.63, 3.8) is 0 Å². The molecule has 18 nitrogen and oxygen atoms in total. The van der Waals surface area contributed by atoms with E-state index in [0.717, 1.165) is 16.8 Å². The van der Waals surface area contributed by atoms with Gasteiger partial charge in [0.1, 0.15) is 48.5 Å². The third-order valence-electron chi connectivity index (χ3n) is 5.19. The number of aliphatic hydroxyl groups excluding tert-OH is 6. The monoisotopic (exact) mass is 562 g/mol. The average molecular weight is 562 g/mol. The van der Waals surface area contributed by atoms with Gasteiger partial charge < -0.3 is 49.9 Å². The number of nitrogens with one attached hydrogen (secondary N) is 1. The fourth-order valence-electron chi connectivity index (χ4n) is 3.39. The second-order valence-electron chi connectivity index (χ2n) is 7.77. The zero-order valence-corrected chi connectivity index (χ0v) is 19.7. The summed E-state index contributed by atoms with van der Waals surface area (Å²) in [5, 5.41) is 58.7. The first-order chi connectivity index (χ1) is 16.7. The molecule has 2 saturated heterocycles. The zero-order valence-electron chi connectivity index (χ0n) is 18.0. The predicted octanol–water partition coefficient (Wildman–Crippen LogP) is -4.21. The lowest BCUT2D eigenvalue weighted by atomic mass is 9.99. The largest absolute Gasteiger partial charge is 0.486 e. The summed E-state index contributed by atoms with van der Waals surface area (Å²) in [6.45, 7) is -1.85. The van der Waals surface area contributed by atoms with Crippen molar-refractivity contribution in [3.05, 3.63) is 44.7 Å². The highest BCUT2D eigenvalue weighted by Crippen LogP contribution is 2.61. The van der Waals surface area contributed by atoms with Crippen LogP contribution in [0.1, 0.15) is 6.23 Å². The molecule has 2 fully saturated rings. The van der Waals surface area contributed by atoms with Gasteiger partial charge in [0.25, 0.3) is 5.56 Å². The lowest BCUT2D eigenvalue weighted by Crippen LogP contribution is -2.53. The summed E-state index contributed by atoms with van der Waals surface area (Å²) in [5.41, 5.74) is -1.73. The minimum atomic E-state index is -5.40. The van der Waals surface area contributed by atoms with E-state index in [1.165, 1.54) is 0 Å². The van der Waals surface area contributed by atoms with Crippen molar-refractivity contribution in [1.82, 2.24) is 9.55 Å². The van der Waals surface area contributed by atoms with E-state index >= 15 is 0 Å². The van der Waals surface area contributed by atoms with Crippen molar-refractivity contribution in [1.29, 1.82) is 0 Å². The van der Waals surface area contributed by atoms with E-state index in [1.807, 2.05) is 4.98 Å². The van der Waals surface area contributed by atoms with Crippen LogP contribution in [0.4, 0.5) is 0 Å². The maximum absolute atomic E-state index is 12.3. The van der Waals surface area contributed by atoms with E-state index in [0.29, 0.717) is 0 Å². The van der Waals surface area contributed by atoms with Crippen LogP contribution in [0.2, 0.25) is 0 Å². The Morgan fingerprint density at radius 1 is 1.03 bits per heavy atom. The topological polar surface area (TPSA) is 288 Å². The summed E-state index contributed by atoms with van der Waals surface area (Å²) < 4.78 is 44.2. The van der Waals surface area contributed by atoms with Crippen LogP contribution in [-0.4, -0.2) is 106 Å². The smallest absolute Gasteiger partial charge is 0.479 e. The number of H-pyrrole nitrogens is 1. The number of aromatic nitrogens is 2. The van der Waals surface area contributed by atoms with Crippen LogP contribution in [0.5, 0.6) is 0 Å². The van der Waals surface area contributed by atoms with Crippen LogP contribution >= 0.6 is 15.4 Å². The SMILES string of the molecule is O=c1ccn([C@@H]2O[C@H](COP(=O)(O)OP(=O)(O)/C=C3\O[C@H](CO)[C@@H](O)[C@H](O)[C@@H]3O)[C@@H](O)[C@H]2O)c(=O)[nH]1. The van der Waals surface area contributed by atoms with Crippen molar-refractivity contribution in [2.24, 2.45) is 0 Å². The van der Waals surface area contributed by atoms with Crippen molar-refractivity contribution in [2.75, 3.05) is 13.2 Å². The number of aliphatic hydroxyl groups is 6. The van der Waals surface area contributed by atoms with Crippen LogP contribution in [0.3, 0.4) is 0 Å². The minimum Gasteiger partial charge on any atom is -0.486 e. The van der Waals surface area contributed by atoms with Gasteiger partial charge >= 0.3 is 21.1 Å². The van der Waals surface area contributed by atoms with E-state index < -0.39 is 94.6 Å². The van der Waals surface area contributed by atoms with Gasteiger partial charge in [0.15, 0.2) is 6.23 Å². The summed E-state index contributed by atoms with van der Waals surface area (Å²) in [7, 11) is -10.7. The molecule has 0 aliphatic carbocycles. The van der Waals surface area contributed by atoms with Crippen molar-refractivity contribution < 1.29 is 67.9 Å². The van der Waals surface area contributed by atoms with Crippen LogP contribution in [-0.2, 0) is 27.4 Å². The lowest BCUT2D eigenvalue weighted by molar-refractivity contribution is -0.164. The third kappa shape index (κ3) is 6.38. The van der Waals surface area contributed by atoms with Gasteiger partial charge in [-0.25, -0.2) is 13.7 Å². The number of ether oxygens (including phenoxy) is 2. The first-order valence-electron chi connectivity index (χ1n) is 10.0. The molecule has 0 bridgehead atoms. The van der Waals surface area contributed by atoms with Gasteiger partial charge in [-0.15, -0.1) is 0 Å². The molecule has 1 aromatic heterocycles. The standard InChI is InChI=1S/C16H24N2O16P2/c19-3-6-10(21)13(24)12(23)8(32-6)5-35(27,28)34-36(29,30)31-4-7-11(22)14(25)15(33-7)18-2-1-9(20)17-16(18)26/h1-2,5-7,10-15,19,21-25H,3-4H2,(H,27,28)(H,29,30)(H,17,20,26)/b8-5-/t6-,7-,10-,11-,12-,13+,14-,15-/m1/s1.